The van der Waals surface area contributed by atoms with Crippen LogP contribution in [0.25, 0.3) is 0 Å². The molecule has 1 saturated heterocycles. The lowest BCUT2D eigenvalue weighted by atomic mass is 9.88. The number of hydrogen-bond acceptors (Lipinski definition) is 3. The van der Waals surface area contributed by atoms with Crippen LogP contribution < -0.4 is 0 Å². The third kappa shape index (κ3) is 3.95. The van der Waals surface area contributed by atoms with E-state index in [9.17, 15) is 9.59 Å². The third-order valence-electron chi connectivity index (χ3n) is 3.66. The molecule has 1 aliphatic heterocycles. The van der Waals surface area contributed by atoms with Gasteiger partial charge in [-0.15, -0.1) is 0 Å². The summed E-state index contributed by atoms with van der Waals surface area (Å²) < 4.78 is 5.42. The molecule has 4 heteroatoms. The van der Waals surface area contributed by atoms with Gasteiger partial charge in [0.25, 0.3) is 0 Å². The van der Waals surface area contributed by atoms with E-state index >= 15 is 0 Å². The molecular weight excluding hydrogens is 242 g/mol. The van der Waals surface area contributed by atoms with Gasteiger partial charge in [-0.1, -0.05) is 20.8 Å². The number of rotatable bonds is 3. The zero-order chi connectivity index (χ0) is 14.8. The molecule has 0 aromatic rings. The van der Waals surface area contributed by atoms with E-state index in [4.69, 9.17) is 4.74 Å². The van der Waals surface area contributed by atoms with E-state index in [2.05, 4.69) is 0 Å². The van der Waals surface area contributed by atoms with Crippen molar-refractivity contribution in [3.63, 3.8) is 0 Å². The first-order chi connectivity index (χ1) is 8.58. The summed E-state index contributed by atoms with van der Waals surface area (Å²) >= 11 is 0. The maximum atomic E-state index is 12.5. The van der Waals surface area contributed by atoms with Crippen LogP contribution in [-0.4, -0.2) is 35.0 Å². The maximum absolute atomic E-state index is 12.5. The van der Waals surface area contributed by atoms with Gasteiger partial charge in [0.05, 0.1) is 0 Å². The van der Waals surface area contributed by atoms with Crippen LogP contribution in [0.5, 0.6) is 0 Å². The van der Waals surface area contributed by atoms with E-state index < -0.39 is 17.1 Å². The molecule has 0 aliphatic carbocycles. The van der Waals surface area contributed by atoms with E-state index in [0.29, 0.717) is 13.0 Å². The predicted octanol–water partition coefficient (Wildman–Crippen LogP) is 2.76. The highest BCUT2D eigenvalue weighted by atomic mass is 16.6. The highest BCUT2D eigenvalue weighted by Crippen LogP contribution is 2.29. The molecule has 0 aromatic heterocycles. The number of carbonyl (C=O) groups is 2. The standard InChI is InChI=1S/C15H27NO3/c1-7-15(5,6)13(18)16-10-8-9-11(16)12(17)19-14(2,3)4/h11H,7-10H2,1-6H3/t11-/m1/s1. The second-order valence-corrected chi connectivity index (χ2v) is 6.93. The summed E-state index contributed by atoms with van der Waals surface area (Å²) in [6.45, 7) is 12.1. The zero-order valence-electron chi connectivity index (χ0n) is 13.1. The van der Waals surface area contributed by atoms with Gasteiger partial charge >= 0.3 is 5.97 Å². The van der Waals surface area contributed by atoms with Crippen molar-refractivity contribution in [2.75, 3.05) is 6.54 Å². The van der Waals surface area contributed by atoms with Crippen LogP contribution in [0.3, 0.4) is 0 Å². The number of hydrogen-bond donors (Lipinski definition) is 0. The van der Waals surface area contributed by atoms with E-state index in [-0.39, 0.29) is 11.9 Å². The van der Waals surface area contributed by atoms with Crippen molar-refractivity contribution >= 4 is 11.9 Å². The minimum Gasteiger partial charge on any atom is -0.458 e. The first kappa shape index (κ1) is 16.0. The Morgan fingerprint density at radius 1 is 1.21 bits per heavy atom. The Kier molecular flexibility index (Phi) is 4.64. The number of ether oxygens (including phenoxy) is 1. The molecule has 4 nitrogen and oxygen atoms in total. The fraction of sp³-hybridized carbons (Fsp3) is 0.867. The summed E-state index contributed by atoms with van der Waals surface area (Å²) in [5.74, 6) is -0.214. The van der Waals surface area contributed by atoms with Gasteiger partial charge in [0.2, 0.25) is 5.91 Å². The number of likely N-dealkylation sites (tertiary alicyclic amines) is 1. The van der Waals surface area contributed by atoms with Gasteiger partial charge < -0.3 is 9.64 Å². The molecule has 1 amide bonds. The molecule has 1 rings (SSSR count). The second kappa shape index (κ2) is 5.51. The Balaban J connectivity index is 2.80. The van der Waals surface area contributed by atoms with Crippen molar-refractivity contribution in [1.29, 1.82) is 0 Å². The van der Waals surface area contributed by atoms with Crippen LogP contribution in [0.1, 0.15) is 60.8 Å². The molecule has 1 aliphatic rings. The van der Waals surface area contributed by atoms with Gasteiger partial charge in [0.1, 0.15) is 11.6 Å². The Hall–Kier alpha value is -1.06. The van der Waals surface area contributed by atoms with Crippen LogP contribution >= 0.6 is 0 Å². The van der Waals surface area contributed by atoms with Crippen LogP contribution in [0.2, 0.25) is 0 Å². The molecule has 19 heavy (non-hydrogen) atoms. The van der Waals surface area contributed by atoms with Crippen molar-refractivity contribution in [1.82, 2.24) is 4.90 Å². The lowest BCUT2D eigenvalue weighted by Gasteiger charge is -2.32. The van der Waals surface area contributed by atoms with Gasteiger partial charge in [0.15, 0.2) is 0 Å². The van der Waals surface area contributed by atoms with Gasteiger partial charge in [-0.05, 0) is 40.0 Å². The maximum Gasteiger partial charge on any atom is 0.329 e. The Morgan fingerprint density at radius 2 is 1.79 bits per heavy atom. The quantitative estimate of drug-likeness (QED) is 0.740. The summed E-state index contributed by atoms with van der Waals surface area (Å²) in [5.41, 5.74) is -0.917. The summed E-state index contributed by atoms with van der Waals surface area (Å²) in [6, 6.07) is -0.405. The van der Waals surface area contributed by atoms with Crippen molar-refractivity contribution in [3.8, 4) is 0 Å². The molecule has 0 spiro atoms. The van der Waals surface area contributed by atoms with Gasteiger partial charge in [0, 0.05) is 12.0 Å². The molecule has 0 bridgehead atoms. The number of carbonyl (C=O) groups excluding carboxylic acids is 2. The lowest BCUT2D eigenvalue weighted by Crippen LogP contribution is -2.48. The summed E-state index contributed by atoms with van der Waals surface area (Å²) in [7, 11) is 0. The fourth-order valence-corrected chi connectivity index (χ4v) is 2.16. The van der Waals surface area contributed by atoms with E-state index in [1.807, 2.05) is 41.5 Å². The van der Waals surface area contributed by atoms with Gasteiger partial charge in [-0.3, -0.25) is 4.79 Å². The molecular formula is C15H27NO3. The number of nitrogens with zero attached hydrogens (tertiary/aromatic N) is 1. The van der Waals surface area contributed by atoms with Crippen LogP contribution in [-0.2, 0) is 14.3 Å². The van der Waals surface area contributed by atoms with Crippen LogP contribution in [0.15, 0.2) is 0 Å². The van der Waals surface area contributed by atoms with Crippen LogP contribution in [0, 0.1) is 5.41 Å². The monoisotopic (exact) mass is 269 g/mol. The highest BCUT2D eigenvalue weighted by molar-refractivity contribution is 5.88. The molecule has 1 atom stereocenters. The Bertz CT molecular complexity index is 355. The van der Waals surface area contributed by atoms with Crippen LogP contribution in [0.4, 0.5) is 0 Å². The van der Waals surface area contributed by atoms with Crippen molar-refractivity contribution in [3.05, 3.63) is 0 Å². The first-order valence-corrected chi connectivity index (χ1v) is 7.12. The molecule has 0 N–H and O–H groups in total. The minimum atomic E-state index is -0.505. The molecule has 0 aromatic carbocycles. The van der Waals surface area contributed by atoms with Gasteiger partial charge in [-0.2, -0.15) is 0 Å². The Morgan fingerprint density at radius 3 is 2.26 bits per heavy atom. The minimum absolute atomic E-state index is 0.0587. The molecule has 0 saturated carbocycles. The van der Waals surface area contributed by atoms with E-state index in [1.165, 1.54) is 0 Å². The molecule has 1 heterocycles. The average Bonchev–Trinajstić information content (AvgIpc) is 2.74. The Labute approximate surface area is 116 Å². The highest BCUT2D eigenvalue weighted by Gasteiger charge is 2.41. The van der Waals surface area contributed by atoms with Crippen molar-refractivity contribution < 1.29 is 14.3 Å². The number of esters is 1. The normalized spacial score (nSPS) is 20.5. The van der Waals surface area contributed by atoms with Gasteiger partial charge in [-0.25, -0.2) is 4.79 Å². The fourth-order valence-electron chi connectivity index (χ4n) is 2.16. The summed E-state index contributed by atoms with van der Waals surface area (Å²) in [6.07, 6.45) is 2.35. The van der Waals surface area contributed by atoms with Crippen molar-refractivity contribution in [2.45, 2.75) is 72.4 Å². The second-order valence-electron chi connectivity index (χ2n) is 6.93. The predicted molar refractivity (Wildman–Crippen MR) is 74.7 cm³/mol. The summed E-state index contributed by atoms with van der Waals surface area (Å²) in [5, 5.41) is 0. The zero-order valence-corrected chi connectivity index (χ0v) is 13.1. The topological polar surface area (TPSA) is 46.6 Å². The average molecular weight is 269 g/mol. The third-order valence-corrected chi connectivity index (χ3v) is 3.66. The summed E-state index contributed by atoms with van der Waals surface area (Å²) in [4.78, 5) is 26.4. The SMILES string of the molecule is CCC(C)(C)C(=O)N1CCC[C@@H]1C(=O)OC(C)(C)C. The molecule has 110 valence electrons. The largest absolute Gasteiger partial charge is 0.458 e. The smallest absolute Gasteiger partial charge is 0.329 e. The molecule has 1 fully saturated rings. The van der Waals surface area contributed by atoms with E-state index in [1.54, 1.807) is 4.90 Å². The lowest BCUT2D eigenvalue weighted by molar-refractivity contribution is -0.165. The number of amides is 1. The molecule has 0 unspecified atom stereocenters. The molecule has 0 radical (unpaired) electrons. The van der Waals surface area contributed by atoms with E-state index in [0.717, 1.165) is 12.8 Å². The first-order valence-electron chi connectivity index (χ1n) is 7.12. The van der Waals surface area contributed by atoms with Crippen molar-refractivity contribution in [2.24, 2.45) is 5.41 Å².